The number of nitrogens with zero attached hydrogens (tertiary/aromatic N) is 1. The summed E-state index contributed by atoms with van der Waals surface area (Å²) in [5.74, 6) is 0. The van der Waals surface area contributed by atoms with Crippen LogP contribution in [-0.2, 0) is 12.8 Å². The summed E-state index contributed by atoms with van der Waals surface area (Å²) in [7, 11) is 0. The molecule has 3 nitrogen and oxygen atoms in total. The molecule has 0 fully saturated rings. The SMILES string of the molecule is CC.Cc1cc2c3c(c(=O)oc2cc1Sc1ccccn1)CCCC3. The highest BCUT2D eigenvalue weighted by atomic mass is 32.2. The van der Waals surface area contributed by atoms with Crippen molar-refractivity contribution in [1.29, 1.82) is 0 Å². The van der Waals surface area contributed by atoms with Gasteiger partial charge in [0.1, 0.15) is 10.6 Å². The zero-order valence-electron chi connectivity index (χ0n) is 15.0. The molecule has 0 unspecified atom stereocenters. The Balaban J connectivity index is 0.000000880. The second-order valence-electron chi connectivity index (χ2n) is 5.94. The normalized spacial score (nSPS) is 13.1. The van der Waals surface area contributed by atoms with Crippen LogP contribution in [0.4, 0.5) is 0 Å². The van der Waals surface area contributed by atoms with Crippen LogP contribution < -0.4 is 5.63 Å². The number of aryl methyl sites for hydroxylation is 2. The standard InChI is InChI=1S/C19H17NO2S.C2H6/c1-12-10-15-13-6-2-3-7-14(13)19(21)22-16(15)11-17(12)23-18-8-4-5-9-20-18;1-2/h4-5,8-11H,2-3,6-7H2,1H3;1-2H3. The molecule has 0 radical (unpaired) electrons. The minimum absolute atomic E-state index is 0.162. The van der Waals surface area contributed by atoms with Gasteiger partial charge in [0.15, 0.2) is 0 Å². The Hall–Kier alpha value is -2.07. The maximum Gasteiger partial charge on any atom is 0.339 e. The molecule has 0 bridgehead atoms. The molecule has 1 aliphatic rings. The molecule has 0 amide bonds. The largest absolute Gasteiger partial charge is 0.422 e. The van der Waals surface area contributed by atoms with Crippen molar-refractivity contribution < 1.29 is 4.42 Å². The van der Waals surface area contributed by atoms with Gasteiger partial charge in [0.05, 0.1) is 0 Å². The van der Waals surface area contributed by atoms with Crippen LogP contribution in [0.3, 0.4) is 0 Å². The molecule has 3 aromatic rings. The number of hydrogen-bond acceptors (Lipinski definition) is 4. The molecule has 0 saturated carbocycles. The summed E-state index contributed by atoms with van der Waals surface area (Å²) in [5.41, 5.74) is 3.80. The third-order valence-corrected chi connectivity index (χ3v) is 5.48. The Morgan fingerprint density at radius 1 is 1.08 bits per heavy atom. The van der Waals surface area contributed by atoms with Crippen molar-refractivity contribution in [2.45, 2.75) is 56.4 Å². The molecule has 4 heteroatoms. The van der Waals surface area contributed by atoms with Crippen molar-refractivity contribution in [2.24, 2.45) is 0 Å². The van der Waals surface area contributed by atoms with E-state index in [9.17, 15) is 4.79 Å². The van der Waals surface area contributed by atoms with Crippen molar-refractivity contribution in [3.8, 4) is 0 Å². The van der Waals surface area contributed by atoms with Gasteiger partial charge < -0.3 is 4.42 Å². The molecular weight excluding hydrogens is 330 g/mol. The van der Waals surface area contributed by atoms with Crippen molar-refractivity contribution in [2.75, 3.05) is 0 Å². The van der Waals surface area contributed by atoms with Gasteiger partial charge in [-0.05, 0) is 68.0 Å². The van der Waals surface area contributed by atoms with E-state index < -0.39 is 0 Å². The molecule has 1 aromatic carbocycles. The highest BCUT2D eigenvalue weighted by Crippen LogP contribution is 2.34. The maximum atomic E-state index is 12.2. The van der Waals surface area contributed by atoms with Gasteiger partial charge in [-0.3, -0.25) is 0 Å². The van der Waals surface area contributed by atoms with Gasteiger partial charge in [0, 0.05) is 22.0 Å². The zero-order chi connectivity index (χ0) is 17.8. The summed E-state index contributed by atoms with van der Waals surface area (Å²) in [6.07, 6.45) is 5.83. The van der Waals surface area contributed by atoms with Crippen LogP contribution in [-0.4, -0.2) is 4.98 Å². The molecular formula is C21H23NO2S. The molecule has 0 saturated heterocycles. The zero-order valence-corrected chi connectivity index (χ0v) is 15.8. The van der Waals surface area contributed by atoms with E-state index in [2.05, 4.69) is 18.0 Å². The van der Waals surface area contributed by atoms with Crippen LogP contribution in [0.25, 0.3) is 11.0 Å². The summed E-state index contributed by atoms with van der Waals surface area (Å²) in [6, 6.07) is 10.0. The molecule has 0 atom stereocenters. The predicted octanol–water partition coefficient (Wildman–Crippen LogP) is 5.55. The lowest BCUT2D eigenvalue weighted by atomic mass is 9.90. The lowest BCUT2D eigenvalue weighted by molar-refractivity contribution is 0.533. The fraction of sp³-hybridized carbons (Fsp3) is 0.333. The molecule has 2 heterocycles. The number of fused-ring (bicyclic) bond motifs is 3. The first-order valence-corrected chi connectivity index (χ1v) is 9.72. The van der Waals surface area contributed by atoms with E-state index in [0.29, 0.717) is 5.58 Å². The van der Waals surface area contributed by atoms with E-state index in [-0.39, 0.29) is 5.63 Å². The molecule has 25 heavy (non-hydrogen) atoms. The van der Waals surface area contributed by atoms with E-state index in [1.165, 1.54) is 11.1 Å². The number of rotatable bonds is 2. The highest BCUT2D eigenvalue weighted by molar-refractivity contribution is 7.99. The number of hydrogen-bond donors (Lipinski definition) is 0. The fourth-order valence-electron chi connectivity index (χ4n) is 3.21. The Morgan fingerprint density at radius 3 is 2.56 bits per heavy atom. The van der Waals surface area contributed by atoms with Gasteiger partial charge in [-0.15, -0.1) is 0 Å². The Kier molecular flexibility index (Phi) is 5.59. The quantitative estimate of drug-likeness (QED) is 0.566. The third kappa shape index (κ3) is 3.64. The molecule has 0 aliphatic heterocycles. The topological polar surface area (TPSA) is 43.1 Å². The van der Waals surface area contributed by atoms with E-state index in [0.717, 1.165) is 46.6 Å². The van der Waals surface area contributed by atoms with Gasteiger partial charge in [-0.1, -0.05) is 31.7 Å². The first kappa shape index (κ1) is 17.7. The minimum Gasteiger partial charge on any atom is -0.422 e. The lowest BCUT2D eigenvalue weighted by Gasteiger charge is -2.17. The third-order valence-electron chi connectivity index (χ3n) is 4.37. The van der Waals surface area contributed by atoms with Crippen molar-refractivity contribution in [3.63, 3.8) is 0 Å². The molecule has 4 rings (SSSR count). The monoisotopic (exact) mass is 353 g/mol. The van der Waals surface area contributed by atoms with Crippen LogP contribution in [0.1, 0.15) is 43.4 Å². The van der Waals surface area contributed by atoms with E-state index in [4.69, 9.17) is 4.42 Å². The van der Waals surface area contributed by atoms with Crippen LogP contribution in [0.15, 0.2) is 55.7 Å². The average Bonchev–Trinajstić information content (AvgIpc) is 2.66. The molecule has 0 spiro atoms. The van der Waals surface area contributed by atoms with Crippen molar-refractivity contribution in [3.05, 3.63) is 63.6 Å². The van der Waals surface area contributed by atoms with E-state index >= 15 is 0 Å². The number of aromatic nitrogens is 1. The lowest BCUT2D eigenvalue weighted by Crippen LogP contribution is -2.15. The van der Waals surface area contributed by atoms with Gasteiger partial charge in [-0.2, -0.15) is 0 Å². The first-order valence-electron chi connectivity index (χ1n) is 8.90. The summed E-state index contributed by atoms with van der Waals surface area (Å²) >= 11 is 1.60. The van der Waals surface area contributed by atoms with E-state index in [1.807, 2.05) is 38.1 Å². The minimum atomic E-state index is -0.162. The summed E-state index contributed by atoms with van der Waals surface area (Å²) in [6.45, 7) is 6.10. The van der Waals surface area contributed by atoms with Gasteiger partial charge in [0.25, 0.3) is 0 Å². The Labute approximate surface area is 152 Å². The van der Waals surface area contributed by atoms with E-state index in [1.54, 1.807) is 18.0 Å². The average molecular weight is 353 g/mol. The first-order chi connectivity index (χ1) is 12.2. The van der Waals surface area contributed by atoms with Crippen LogP contribution >= 0.6 is 11.8 Å². The summed E-state index contributed by atoms with van der Waals surface area (Å²) in [4.78, 5) is 17.7. The number of pyridine rings is 1. The maximum absolute atomic E-state index is 12.2. The summed E-state index contributed by atoms with van der Waals surface area (Å²) < 4.78 is 5.60. The molecule has 0 N–H and O–H groups in total. The van der Waals surface area contributed by atoms with Gasteiger partial charge in [-0.25, -0.2) is 9.78 Å². The van der Waals surface area contributed by atoms with Gasteiger partial charge >= 0.3 is 5.63 Å². The van der Waals surface area contributed by atoms with Crippen LogP contribution in [0.5, 0.6) is 0 Å². The molecule has 1 aliphatic carbocycles. The molecule has 2 aromatic heterocycles. The highest BCUT2D eigenvalue weighted by Gasteiger charge is 2.19. The van der Waals surface area contributed by atoms with Crippen LogP contribution in [0, 0.1) is 6.92 Å². The number of benzene rings is 1. The van der Waals surface area contributed by atoms with Crippen molar-refractivity contribution in [1.82, 2.24) is 4.98 Å². The van der Waals surface area contributed by atoms with Crippen molar-refractivity contribution >= 4 is 22.7 Å². The van der Waals surface area contributed by atoms with Gasteiger partial charge in [0.2, 0.25) is 0 Å². The van der Waals surface area contributed by atoms with Crippen LogP contribution in [0.2, 0.25) is 0 Å². The molecule has 130 valence electrons. The second kappa shape index (κ2) is 7.87. The predicted molar refractivity (Wildman–Crippen MR) is 104 cm³/mol. The second-order valence-corrected chi connectivity index (χ2v) is 7.00. The smallest absolute Gasteiger partial charge is 0.339 e. The Bertz CT molecular complexity index is 932. The Morgan fingerprint density at radius 2 is 1.84 bits per heavy atom. The fourth-order valence-corrected chi connectivity index (χ4v) is 4.08. The summed E-state index contributed by atoms with van der Waals surface area (Å²) in [5, 5.41) is 2.04.